The predicted octanol–water partition coefficient (Wildman–Crippen LogP) is 3.59. The zero-order valence-electron chi connectivity index (χ0n) is 14.3. The number of ether oxygens (including phenoxy) is 1. The van der Waals surface area contributed by atoms with E-state index in [0.717, 1.165) is 11.3 Å². The first-order valence-electron chi connectivity index (χ1n) is 7.71. The third-order valence-electron chi connectivity index (χ3n) is 4.61. The van der Waals surface area contributed by atoms with E-state index >= 15 is 0 Å². The van der Waals surface area contributed by atoms with Crippen molar-refractivity contribution in [2.75, 3.05) is 7.11 Å². The van der Waals surface area contributed by atoms with E-state index in [9.17, 15) is 4.79 Å². The standard InChI is InChI=1S/C16H25BO4S/c1-7-11-8-9-13(22-11)12(10-14(18)19-6)17-20-15(2,3)16(4,5)21-17/h8-9,12H,7,10H2,1-6H3. The molecule has 122 valence electrons. The highest BCUT2D eigenvalue weighted by Gasteiger charge is 2.54. The van der Waals surface area contributed by atoms with Gasteiger partial charge in [0.25, 0.3) is 0 Å². The Labute approximate surface area is 137 Å². The van der Waals surface area contributed by atoms with Crippen LogP contribution in [-0.2, 0) is 25.3 Å². The number of rotatable bonds is 5. The summed E-state index contributed by atoms with van der Waals surface area (Å²) in [4.78, 5) is 14.2. The second kappa shape index (κ2) is 6.34. The Morgan fingerprint density at radius 3 is 2.32 bits per heavy atom. The second-order valence-electron chi connectivity index (χ2n) is 6.67. The summed E-state index contributed by atoms with van der Waals surface area (Å²) in [7, 11) is 0.975. The molecule has 0 amide bonds. The maximum atomic E-state index is 11.8. The molecule has 22 heavy (non-hydrogen) atoms. The van der Waals surface area contributed by atoms with Gasteiger partial charge >= 0.3 is 13.1 Å². The van der Waals surface area contributed by atoms with Gasteiger partial charge in [0.15, 0.2) is 0 Å². The zero-order valence-corrected chi connectivity index (χ0v) is 15.1. The van der Waals surface area contributed by atoms with Crippen LogP contribution in [0.25, 0.3) is 0 Å². The summed E-state index contributed by atoms with van der Waals surface area (Å²) >= 11 is 1.71. The highest BCUT2D eigenvalue weighted by atomic mass is 32.1. The lowest BCUT2D eigenvalue weighted by atomic mass is 9.69. The number of carbonyl (C=O) groups is 1. The minimum Gasteiger partial charge on any atom is -0.469 e. The molecule has 1 aliphatic heterocycles. The van der Waals surface area contributed by atoms with Gasteiger partial charge in [0.05, 0.1) is 24.7 Å². The molecule has 2 rings (SSSR count). The molecule has 0 radical (unpaired) electrons. The van der Waals surface area contributed by atoms with Crippen molar-refractivity contribution in [2.24, 2.45) is 0 Å². The van der Waals surface area contributed by atoms with E-state index in [4.69, 9.17) is 14.0 Å². The van der Waals surface area contributed by atoms with E-state index in [1.807, 2.05) is 27.7 Å². The van der Waals surface area contributed by atoms with Crippen LogP contribution in [0.3, 0.4) is 0 Å². The van der Waals surface area contributed by atoms with Crippen LogP contribution in [0.1, 0.15) is 56.6 Å². The summed E-state index contributed by atoms with van der Waals surface area (Å²) in [5.74, 6) is -0.384. The van der Waals surface area contributed by atoms with Crippen LogP contribution in [0.5, 0.6) is 0 Å². The van der Waals surface area contributed by atoms with Gasteiger partial charge in [0.1, 0.15) is 0 Å². The number of thiophene rings is 1. The van der Waals surface area contributed by atoms with Gasteiger partial charge in [-0.25, -0.2) is 0 Å². The highest BCUT2D eigenvalue weighted by molar-refractivity contribution is 7.12. The van der Waals surface area contributed by atoms with Crippen molar-refractivity contribution in [2.45, 2.75) is 64.5 Å². The molecule has 6 heteroatoms. The Kier molecular flexibility index (Phi) is 5.04. The van der Waals surface area contributed by atoms with E-state index in [2.05, 4.69) is 19.1 Å². The van der Waals surface area contributed by atoms with Crippen LogP contribution in [-0.4, -0.2) is 31.4 Å². The fourth-order valence-corrected chi connectivity index (χ4v) is 3.50. The minimum absolute atomic E-state index is 0.140. The molecule has 0 bridgehead atoms. The average molecular weight is 324 g/mol. The van der Waals surface area contributed by atoms with E-state index in [-0.39, 0.29) is 18.2 Å². The predicted molar refractivity (Wildman–Crippen MR) is 89.2 cm³/mol. The molecule has 1 fully saturated rings. The maximum Gasteiger partial charge on any atom is 0.467 e. The SMILES string of the molecule is CCc1ccc(C(CC(=O)OC)B2OC(C)(C)C(C)(C)O2)s1. The smallest absolute Gasteiger partial charge is 0.467 e. The van der Waals surface area contributed by atoms with Crippen LogP contribution in [0.2, 0.25) is 0 Å². The van der Waals surface area contributed by atoms with E-state index in [1.54, 1.807) is 11.3 Å². The number of hydrogen-bond donors (Lipinski definition) is 0. The van der Waals surface area contributed by atoms with Crippen molar-refractivity contribution in [1.29, 1.82) is 0 Å². The molecule has 0 aliphatic carbocycles. The third kappa shape index (κ3) is 3.39. The number of carbonyl (C=O) groups excluding carboxylic acids is 1. The molecule has 0 spiro atoms. The van der Waals surface area contributed by atoms with Crippen molar-refractivity contribution in [1.82, 2.24) is 0 Å². The Morgan fingerprint density at radius 1 is 1.27 bits per heavy atom. The molecule has 0 aromatic carbocycles. The molecule has 4 nitrogen and oxygen atoms in total. The molecular formula is C16H25BO4S. The van der Waals surface area contributed by atoms with Gasteiger partial charge in [-0.15, -0.1) is 11.3 Å². The van der Waals surface area contributed by atoms with Crippen molar-refractivity contribution < 1.29 is 18.8 Å². The van der Waals surface area contributed by atoms with Gasteiger partial charge in [0.2, 0.25) is 0 Å². The summed E-state index contributed by atoms with van der Waals surface area (Å²) < 4.78 is 17.1. The van der Waals surface area contributed by atoms with Gasteiger partial charge in [-0.3, -0.25) is 4.79 Å². The molecule has 2 heterocycles. The van der Waals surface area contributed by atoms with Gasteiger partial charge in [0, 0.05) is 15.6 Å². The van der Waals surface area contributed by atoms with Crippen LogP contribution in [0, 0.1) is 0 Å². The number of hydrogen-bond acceptors (Lipinski definition) is 5. The fourth-order valence-electron chi connectivity index (χ4n) is 2.43. The Bertz CT molecular complexity index is 522. The lowest BCUT2D eigenvalue weighted by molar-refractivity contribution is -0.140. The van der Waals surface area contributed by atoms with E-state index in [1.165, 1.54) is 12.0 Å². The van der Waals surface area contributed by atoms with Crippen LogP contribution in [0.4, 0.5) is 0 Å². The topological polar surface area (TPSA) is 44.8 Å². The Morgan fingerprint density at radius 2 is 1.86 bits per heavy atom. The van der Waals surface area contributed by atoms with Crippen LogP contribution < -0.4 is 0 Å². The second-order valence-corrected chi connectivity index (χ2v) is 7.87. The monoisotopic (exact) mass is 324 g/mol. The molecule has 1 aliphatic rings. The number of aryl methyl sites for hydroxylation is 1. The lowest BCUT2D eigenvalue weighted by Gasteiger charge is -2.32. The molecule has 1 saturated heterocycles. The zero-order chi connectivity index (χ0) is 16.5. The molecule has 0 saturated carbocycles. The van der Waals surface area contributed by atoms with Crippen LogP contribution in [0.15, 0.2) is 12.1 Å². The Balaban J connectivity index is 2.27. The molecule has 1 aromatic rings. The van der Waals surface area contributed by atoms with Crippen molar-refractivity contribution in [3.63, 3.8) is 0 Å². The van der Waals surface area contributed by atoms with Crippen molar-refractivity contribution >= 4 is 24.4 Å². The minimum atomic E-state index is -0.438. The van der Waals surface area contributed by atoms with E-state index < -0.39 is 18.3 Å². The molecule has 1 atom stereocenters. The summed E-state index contributed by atoms with van der Waals surface area (Å²) in [6.07, 6.45) is 1.25. The van der Waals surface area contributed by atoms with Crippen molar-refractivity contribution in [3.8, 4) is 0 Å². The lowest BCUT2D eigenvalue weighted by Crippen LogP contribution is -2.41. The molecule has 1 unspecified atom stereocenters. The number of methoxy groups -OCH3 is 1. The highest BCUT2D eigenvalue weighted by Crippen LogP contribution is 2.43. The summed E-state index contributed by atoms with van der Waals surface area (Å²) in [5.41, 5.74) is -0.812. The number of esters is 1. The summed E-state index contributed by atoms with van der Waals surface area (Å²) in [5, 5.41) is 0. The first kappa shape index (κ1) is 17.5. The molecular weight excluding hydrogens is 299 g/mol. The first-order chi connectivity index (χ1) is 10.2. The third-order valence-corrected chi connectivity index (χ3v) is 5.97. The maximum absolute atomic E-state index is 11.8. The van der Waals surface area contributed by atoms with Gasteiger partial charge in [-0.1, -0.05) is 6.92 Å². The quantitative estimate of drug-likeness (QED) is 0.613. The average Bonchev–Trinajstić information content (AvgIpc) is 2.98. The van der Waals surface area contributed by atoms with Crippen LogP contribution >= 0.6 is 11.3 Å². The van der Waals surface area contributed by atoms with Crippen molar-refractivity contribution in [3.05, 3.63) is 21.9 Å². The Hall–Kier alpha value is -0.845. The summed E-state index contributed by atoms with van der Waals surface area (Å²) in [6, 6.07) is 4.18. The van der Waals surface area contributed by atoms with E-state index in [0.29, 0.717) is 0 Å². The normalized spacial score (nSPS) is 20.9. The molecule has 0 N–H and O–H groups in total. The van der Waals surface area contributed by atoms with Gasteiger partial charge < -0.3 is 14.0 Å². The fraction of sp³-hybridized carbons (Fsp3) is 0.688. The van der Waals surface area contributed by atoms with Gasteiger partial charge in [-0.05, 0) is 46.2 Å². The first-order valence-corrected chi connectivity index (χ1v) is 8.53. The van der Waals surface area contributed by atoms with Gasteiger partial charge in [-0.2, -0.15) is 0 Å². The largest absolute Gasteiger partial charge is 0.469 e. The molecule has 1 aromatic heterocycles. The summed E-state index contributed by atoms with van der Waals surface area (Å²) in [6.45, 7) is 10.2.